The summed E-state index contributed by atoms with van der Waals surface area (Å²) in [7, 11) is 3.22. The van der Waals surface area contributed by atoms with Crippen LogP contribution in [0.4, 0.5) is 47.7 Å². The highest BCUT2D eigenvalue weighted by atomic mass is 19.4. The van der Waals surface area contributed by atoms with Crippen molar-refractivity contribution in [3.05, 3.63) is 54.2 Å². The molecule has 41 heavy (non-hydrogen) atoms. The molecule has 0 radical (unpaired) electrons. The van der Waals surface area contributed by atoms with E-state index in [2.05, 4.69) is 43.5 Å². The predicted molar refractivity (Wildman–Crippen MR) is 155 cm³/mol. The highest BCUT2D eigenvalue weighted by Gasteiger charge is 2.35. The van der Waals surface area contributed by atoms with Gasteiger partial charge in [0.25, 0.3) is 0 Å². The molecule has 3 rings (SSSR count). The topological polar surface area (TPSA) is 129 Å². The number of nitrogens with one attached hydrogen (secondary N) is 5. The van der Waals surface area contributed by atoms with E-state index < -0.39 is 11.7 Å². The van der Waals surface area contributed by atoms with Gasteiger partial charge in [-0.1, -0.05) is 19.4 Å². The molecular weight excluding hydrogens is 539 g/mol. The molecule has 2 aromatic carbocycles. The van der Waals surface area contributed by atoms with E-state index in [0.717, 1.165) is 43.1 Å². The van der Waals surface area contributed by atoms with Crippen LogP contribution in [0.3, 0.4) is 0 Å². The van der Waals surface area contributed by atoms with E-state index in [1.54, 1.807) is 43.4 Å². The molecule has 0 aliphatic rings. The Labute approximate surface area is 237 Å². The van der Waals surface area contributed by atoms with Gasteiger partial charge in [0.1, 0.15) is 23.4 Å². The Balaban J connectivity index is 0.00000187. The SMILES string of the molecule is CC=O.CCCC(CCNC=O)Nc1ccc(Nc2ncc(C(F)(F)F)c(Nc3cccc(NC)c3)n2)c(OC)c1. The minimum atomic E-state index is -4.65. The number of methoxy groups -OCH3 is 1. The van der Waals surface area contributed by atoms with Gasteiger partial charge in [-0.15, -0.1) is 0 Å². The van der Waals surface area contributed by atoms with Gasteiger partial charge >= 0.3 is 6.18 Å². The number of carbonyl (C=O) groups excluding carboxylic acids is 2. The number of nitrogens with zero attached hydrogens (tertiary/aromatic N) is 2. The maximum atomic E-state index is 13.7. The molecule has 3 aromatic rings. The highest BCUT2D eigenvalue weighted by molar-refractivity contribution is 5.70. The van der Waals surface area contributed by atoms with E-state index in [1.807, 2.05) is 6.07 Å². The molecule has 0 aliphatic heterocycles. The van der Waals surface area contributed by atoms with Crippen molar-refractivity contribution >= 4 is 47.2 Å². The second-order valence-corrected chi connectivity index (χ2v) is 8.68. The molecule has 13 heteroatoms. The molecule has 0 aliphatic carbocycles. The zero-order chi connectivity index (χ0) is 30.3. The van der Waals surface area contributed by atoms with Crippen LogP contribution in [-0.2, 0) is 15.8 Å². The normalized spacial score (nSPS) is 11.3. The van der Waals surface area contributed by atoms with Gasteiger partial charge < -0.3 is 36.1 Å². The lowest BCUT2D eigenvalue weighted by Gasteiger charge is -2.20. The molecule has 5 N–H and O–H groups in total. The van der Waals surface area contributed by atoms with Crippen LogP contribution in [0.5, 0.6) is 5.75 Å². The lowest BCUT2D eigenvalue weighted by atomic mass is 10.1. The molecule has 222 valence electrons. The van der Waals surface area contributed by atoms with E-state index >= 15 is 0 Å². The van der Waals surface area contributed by atoms with Crippen LogP contribution in [0.1, 0.15) is 38.7 Å². The summed E-state index contributed by atoms with van der Waals surface area (Å²) in [5.74, 6) is 0.0379. The molecule has 0 saturated carbocycles. The van der Waals surface area contributed by atoms with Gasteiger partial charge in [0.15, 0.2) is 0 Å². The third-order valence-corrected chi connectivity index (χ3v) is 5.68. The van der Waals surface area contributed by atoms with Crippen molar-refractivity contribution in [1.82, 2.24) is 15.3 Å². The number of hydrogen-bond donors (Lipinski definition) is 5. The van der Waals surface area contributed by atoms with Crippen LogP contribution < -0.4 is 31.3 Å². The zero-order valence-corrected chi connectivity index (χ0v) is 23.4. The van der Waals surface area contributed by atoms with Gasteiger partial charge in [-0.25, -0.2) is 4.98 Å². The Hall–Kier alpha value is -4.55. The fourth-order valence-corrected chi connectivity index (χ4v) is 3.83. The number of aldehydes is 1. The molecule has 1 unspecified atom stereocenters. The van der Waals surface area contributed by atoms with Crippen LogP contribution in [-0.4, -0.2) is 49.4 Å². The van der Waals surface area contributed by atoms with Gasteiger partial charge in [-0.3, -0.25) is 4.79 Å². The van der Waals surface area contributed by atoms with Crippen molar-refractivity contribution in [2.45, 2.75) is 45.3 Å². The van der Waals surface area contributed by atoms with E-state index in [4.69, 9.17) is 9.53 Å². The summed E-state index contributed by atoms with van der Waals surface area (Å²) < 4.78 is 46.5. The van der Waals surface area contributed by atoms with Gasteiger partial charge in [0.2, 0.25) is 12.4 Å². The number of halogens is 3. The molecular formula is C28H36F3N7O3. The maximum Gasteiger partial charge on any atom is 0.421 e. The second-order valence-electron chi connectivity index (χ2n) is 8.68. The van der Waals surface area contributed by atoms with Gasteiger partial charge in [-0.2, -0.15) is 18.2 Å². The Bertz CT molecular complexity index is 1260. The molecule has 1 aromatic heterocycles. The van der Waals surface area contributed by atoms with Crippen molar-refractivity contribution in [2.24, 2.45) is 0 Å². The summed E-state index contributed by atoms with van der Waals surface area (Å²) in [5, 5.41) is 14.8. The molecule has 0 spiro atoms. The first-order valence-electron chi connectivity index (χ1n) is 13.0. The summed E-state index contributed by atoms with van der Waals surface area (Å²) in [4.78, 5) is 27.4. The molecule has 0 fully saturated rings. The quantitative estimate of drug-likeness (QED) is 0.117. The largest absolute Gasteiger partial charge is 0.494 e. The van der Waals surface area contributed by atoms with Gasteiger partial charge in [0.05, 0.1) is 12.8 Å². The molecule has 10 nitrogen and oxygen atoms in total. The van der Waals surface area contributed by atoms with E-state index in [9.17, 15) is 18.0 Å². The van der Waals surface area contributed by atoms with Gasteiger partial charge in [0, 0.05) is 49.0 Å². The molecule has 0 bridgehead atoms. The first-order chi connectivity index (χ1) is 19.7. The number of amides is 1. The smallest absolute Gasteiger partial charge is 0.421 e. The van der Waals surface area contributed by atoms with E-state index in [1.165, 1.54) is 14.0 Å². The number of anilines is 6. The Morgan fingerprint density at radius 3 is 2.39 bits per heavy atom. The average molecular weight is 576 g/mol. The van der Waals surface area contributed by atoms with Crippen molar-refractivity contribution in [1.29, 1.82) is 0 Å². The van der Waals surface area contributed by atoms with Crippen LogP contribution >= 0.6 is 0 Å². The molecule has 1 atom stereocenters. The standard InChI is InChI=1S/C26H32F3N7O2.C2H4O/c1-4-6-17(11-12-31-16-37)33-20-9-10-22(23(14-20)38-3)35-25-32-15-21(26(27,28)29)24(36-25)34-19-8-5-7-18(13-19)30-2;1-2-3/h5,7-10,13-17,30,33H,4,6,11-12H2,1-3H3,(H,31,37)(H2,32,34,35,36);2H,1H3. The Morgan fingerprint density at radius 2 is 1.76 bits per heavy atom. The third kappa shape index (κ3) is 10.5. The monoisotopic (exact) mass is 575 g/mol. The minimum Gasteiger partial charge on any atom is -0.494 e. The highest BCUT2D eigenvalue weighted by Crippen LogP contribution is 2.36. The summed E-state index contributed by atoms with van der Waals surface area (Å²) in [6, 6.07) is 12.3. The van der Waals surface area contributed by atoms with E-state index in [0.29, 0.717) is 30.1 Å². The molecule has 1 amide bonds. The van der Waals surface area contributed by atoms with Crippen molar-refractivity contribution in [3.63, 3.8) is 0 Å². The number of aromatic nitrogens is 2. The Kier molecular flexibility index (Phi) is 13.2. The first kappa shape index (κ1) is 32.7. The number of rotatable bonds is 14. The van der Waals surface area contributed by atoms with Crippen LogP contribution in [0.15, 0.2) is 48.7 Å². The summed E-state index contributed by atoms with van der Waals surface area (Å²) in [6.07, 6.45) is 0.149. The lowest BCUT2D eigenvalue weighted by Crippen LogP contribution is -2.25. The third-order valence-electron chi connectivity index (χ3n) is 5.68. The molecule has 1 heterocycles. The summed E-state index contributed by atoms with van der Waals surface area (Å²) in [5.41, 5.74) is 1.46. The number of hydrogen-bond acceptors (Lipinski definition) is 9. The number of alkyl halides is 3. The maximum absolute atomic E-state index is 13.7. The summed E-state index contributed by atoms with van der Waals surface area (Å²) >= 11 is 0. The number of benzene rings is 2. The van der Waals surface area contributed by atoms with Crippen molar-refractivity contribution in [3.8, 4) is 5.75 Å². The first-order valence-corrected chi connectivity index (χ1v) is 13.0. The zero-order valence-electron chi connectivity index (χ0n) is 23.4. The predicted octanol–water partition coefficient (Wildman–Crippen LogP) is 5.95. The Morgan fingerprint density at radius 1 is 1.02 bits per heavy atom. The van der Waals surface area contributed by atoms with E-state index in [-0.39, 0.29) is 17.8 Å². The average Bonchev–Trinajstić information content (AvgIpc) is 2.94. The van der Waals surface area contributed by atoms with Crippen molar-refractivity contribution < 1.29 is 27.5 Å². The summed E-state index contributed by atoms with van der Waals surface area (Å²) in [6.45, 7) is 4.08. The minimum absolute atomic E-state index is 0.0342. The van der Waals surface area contributed by atoms with Crippen LogP contribution in [0, 0.1) is 0 Å². The molecule has 0 saturated heterocycles. The van der Waals surface area contributed by atoms with Crippen LogP contribution in [0.25, 0.3) is 0 Å². The van der Waals surface area contributed by atoms with Crippen molar-refractivity contribution in [2.75, 3.05) is 42.0 Å². The second kappa shape index (κ2) is 16.5. The fourth-order valence-electron chi connectivity index (χ4n) is 3.83. The van der Waals surface area contributed by atoms with Gasteiger partial charge in [-0.05, 0) is 50.1 Å². The fraction of sp³-hybridized carbons (Fsp3) is 0.357. The number of carbonyl (C=O) groups is 2. The lowest BCUT2D eigenvalue weighted by molar-refractivity contribution is -0.137. The number of ether oxygens (including phenoxy) is 1. The van der Waals surface area contributed by atoms with Crippen LogP contribution in [0.2, 0.25) is 0 Å².